The molecule has 2 rings (SSSR count). The van der Waals surface area contributed by atoms with Gasteiger partial charge in [-0.2, -0.15) is 4.89 Å². The van der Waals surface area contributed by atoms with Crippen LogP contribution in [-0.2, 0) is 14.4 Å². The minimum Gasteiger partial charge on any atom is -0.334 e. The Bertz CT molecular complexity index is 734. The molecule has 0 unspecified atom stereocenters. The van der Waals surface area contributed by atoms with Gasteiger partial charge in [-0.1, -0.05) is 79.1 Å². The molecule has 0 aromatic carbocycles. The molecule has 0 aromatic heterocycles. The number of ether oxygens (including phenoxy) is 1. The van der Waals surface area contributed by atoms with E-state index in [9.17, 15) is 10.1 Å². The van der Waals surface area contributed by atoms with Crippen LogP contribution in [0.4, 0.5) is 0 Å². The minimum atomic E-state index is -1.30. The largest absolute Gasteiger partial charge is 0.334 e. The molecule has 4 atom stereocenters. The Balaban J connectivity index is 1.82. The first-order valence-electron chi connectivity index (χ1n) is 13.4. The zero-order chi connectivity index (χ0) is 24.8. The van der Waals surface area contributed by atoms with Crippen molar-refractivity contribution in [2.75, 3.05) is 0 Å². The third-order valence-electron chi connectivity index (χ3n) is 8.28. The van der Waals surface area contributed by atoms with Crippen molar-refractivity contribution in [2.45, 2.75) is 137 Å². The Hall–Kier alpha value is -0.970. The fraction of sp³-hybridized carbons (Fsp3) is 0.828. The van der Waals surface area contributed by atoms with E-state index in [-0.39, 0.29) is 11.4 Å². The highest BCUT2D eigenvalue weighted by atomic mass is 17.1. The third kappa shape index (κ3) is 7.02. The minimum absolute atomic E-state index is 0.0328. The van der Waals surface area contributed by atoms with Gasteiger partial charge >= 0.3 is 0 Å². The van der Waals surface area contributed by atoms with Crippen molar-refractivity contribution in [3.8, 4) is 0 Å². The molecule has 0 radical (unpaired) electrons. The summed E-state index contributed by atoms with van der Waals surface area (Å²) >= 11 is 0. The van der Waals surface area contributed by atoms with Crippen molar-refractivity contribution in [3.63, 3.8) is 0 Å². The SMILES string of the molecule is CC1=C(C)[C@]2(OO)O[C@](C)(CCC[C@H](C)CCC[C@H](C)CCCC(C)C)CCC2=C(C)C1=O. The molecular weight excluding hydrogens is 412 g/mol. The number of allylic oxidation sites excluding steroid dienone is 2. The maximum atomic E-state index is 12.6. The average molecular weight is 463 g/mol. The predicted molar refractivity (Wildman–Crippen MR) is 136 cm³/mol. The number of carbonyl (C=O) groups excluding carboxylic acids is 1. The molecule has 0 amide bonds. The standard InChI is InChI=1S/C29H50O4/c1-20(2)12-9-13-21(3)14-10-15-22(4)16-11-18-28(8)19-17-26-24(6)27(30)23(5)25(7)29(26,32-28)33-31/h20-22,31H,9-19H2,1-8H3/t21-,22-,28-,29-/m1/s1. The number of hydrogen-bond acceptors (Lipinski definition) is 4. The van der Waals surface area contributed by atoms with Gasteiger partial charge in [0.1, 0.15) is 0 Å². The van der Waals surface area contributed by atoms with Gasteiger partial charge in [-0.15, -0.1) is 0 Å². The topological polar surface area (TPSA) is 55.8 Å². The van der Waals surface area contributed by atoms with Crippen LogP contribution in [0, 0.1) is 17.8 Å². The van der Waals surface area contributed by atoms with Gasteiger partial charge in [-0.25, -0.2) is 5.26 Å². The van der Waals surface area contributed by atoms with Crippen molar-refractivity contribution in [1.82, 2.24) is 0 Å². The molecule has 4 heteroatoms. The Labute approximate surface area is 203 Å². The highest BCUT2D eigenvalue weighted by Crippen LogP contribution is 2.50. The Kier molecular flexibility index (Phi) is 10.4. The fourth-order valence-electron chi connectivity index (χ4n) is 5.71. The van der Waals surface area contributed by atoms with Gasteiger partial charge in [0.2, 0.25) is 5.79 Å². The molecule has 1 aliphatic carbocycles. The second-order valence-electron chi connectivity index (χ2n) is 11.8. The lowest BCUT2D eigenvalue weighted by Gasteiger charge is -2.49. The van der Waals surface area contributed by atoms with Gasteiger partial charge < -0.3 is 4.74 Å². The van der Waals surface area contributed by atoms with E-state index in [1.807, 2.05) is 13.8 Å². The zero-order valence-corrected chi connectivity index (χ0v) is 22.7. The van der Waals surface area contributed by atoms with Crippen LogP contribution < -0.4 is 0 Å². The summed E-state index contributed by atoms with van der Waals surface area (Å²) in [6.07, 6.45) is 12.8. The molecule has 33 heavy (non-hydrogen) atoms. The molecule has 1 aliphatic heterocycles. The van der Waals surface area contributed by atoms with Crippen LogP contribution >= 0.6 is 0 Å². The predicted octanol–water partition coefficient (Wildman–Crippen LogP) is 8.42. The zero-order valence-electron chi connectivity index (χ0n) is 22.7. The summed E-state index contributed by atoms with van der Waals surface area (Å²) in [4.78, 5) is 17.6. The van der Waals surface area contributed by atoms with Crippen molar-refractivity contribution in [2.24, 2.45) is 17.8 Å². The molecule has 1 heterocycles. The van der Waals surface area contributed by atoms with Crippen LogP contribution in [0.2, 0.25) is 0 Å². The summed E-state index contributed by atoms with van der Waals surface area (Å²) in [5.74, 6) is 1.12. The maximum absolute atomic E-state index is 12.6. The number of Topliss-reactive ketones (excluding diaryl/α,β-unsaturated/α-hetero) is 1. The third-order valence-corrected chi connectivity index (χ3v) is 8.28. The van der Waals surface area contributed by atoms with E-state index in [4.69, 9.17) is 9.62 Å². The molecule has 1 N–H and O–H groups in total. The molecule has 0 bridgehead atoms. The summed E-state index contributed by atoms with van der Waals surface area (Å²) in [6, 6.07) is 0. The molecule has 190 valence electrons. The molecule has 1 fully saturated rings. The van der Waals surface area contributed by atoms with Gasteiger partial charge in [-0.3, -0.25) is 4.79 Å². The number of rotatable bonds is 13. The summed E-state index contributed by atoms with van der Waals surface area (Å²) in [7, 11) is 0. The maximum Gasteiger partial charge on any atom is 0.247 e. The van der Waals surface area contributed by atoms with Crippen molar-refractivity contribution >= 4 is 5.78 Å². The van der Waals surface area contributed by atoms with Gasteiger partial charge in [-0.05, 0) is 70.3 Å². The molecule has 0 saturated carbocycles. The smallest absolute Gasteiger partial charge is 0.247 e. The second kappa shape index (κ2) is 12.1. The Morgan fingerprint density at radius 2 is 1.45 bits per heavy atom. The van der Waals surface area contributed by atoms with Gasteiger partial charge in [0.15, 0.2) is 5.78 Å². The Morgan fingerprint density at radius 3 is 2.00 bits per heavy atom. The molecule has 4 nitrogen and oxygen atoms in total. The lowest BCUT2D eigenvalue weighted by atomic mass is 9.75. The second-order valence-corrected chi connectivity index (χ2v) is 11.8. The van der Waals surface area contributed by atoms with Crippen LogP contribution in [0.3, 0.4) is 0 Å². The molecule has 2 aliphatic rings. The monoisotopic (exact) mass is 462 g/mol. The van der Waals surface area contributed by atoms with Crippen molar-refractivity contribution in [1.29, 1.82) is 0 Å². The van der Waals surface area contributed by atoms with E-state index in [2.05, 4.69) is 34.6 Å². The number of ketones is 1. The number of hydrogen-bond donors (Lipinski definition) is 1. The lowest BCUT2D eigenvalue weighted by molar-refractivity contribution is -0.402. The average Bonchev–Trinajstić information content (AvgIpc) is 2.75. The van der Waals surface area contributed by atoms with E-state index < -0.39 is 5.79 Å². The number of fused-ring (bicyclic) bond motifs is 1. The first-order chi connectivity index (χ1) is 15.5. The van der Waals surface area contributed by atoms with Crippen LogP contribution in [0.25, 0.3) is 0 Å². The van der Waals surface area contributed by atoms with Gasteiger partial charge in [0.25, 0.3) is 0 Å². The summed E-state index contributed by atoms with van der Waals surface area (Å²) in [5.41, 5.74) is 2.35. The molecule has 0 spiro atoms. The van der Waals surface area contributed by atoms with Gasteiger partial charge in [0.05, 0.1) is 5.60 Å². The first kappa shape index (κ1) is 28.3. The van der Waals surface area contributed by atoms with E-state index in [1.165, 1.54) is 44.9 Å². The summed E-state index contributed by atoms with van der Waals surface area (Å²) in [6.45, 7) is 17.0. The normalized spacial score (nSPS) is 27.9. The molecule has 1 saturated heterocycles. The van der Waals surface area contributed by atoms with Crippen LogP contribution in [-0.4, -0.2) is 22.4 Å². The van der Waals surface area contributed by atoms with Gasteiger partial charge in [0, 0.05) is 16.7 Å². The Morgan fingerprint density at radius 1 is 0.909 bits per heavy atom. The highest BCUT2D eigenvalue weighted by molar-refractivity contribution is 6.10. The summed E-state index contributed by atoms with van der Waals surface area (Å²) < 4.78 is 6.52. The molecular formula is C29H50O4. The lowest BCUT2D eigenvalue weighted by Crippen LogP contribution is -2.53. The van der Waals surface area contributed by atoms with Crippen LogP contribution in [0.1, 0.15) is 126 Å². The fourth-order valence-corrected chi connectivity index (χ4v) is 5.71. The van der Waals surface area contributed by atoms with Crippen LogP contribution in [0.15, 0.2) is 22.3 Å². The van der Waals surface area contributed by atoms with Crippen molar-refractivity contribution < 1.29 is 19.7 Å². The highest BCUT2D eigenvalue weighted by Gasteiger charge is 2.53. The van der Waals surface area contributed by atoms with Crippen molar-refractivity contribution in [3.05, 3.63) is 22.3 Å². The number of carbonyl (C=O) groups is 1. The van der Waals surface area contributed by atoms with E-state index in [0.29, 0.717) is 23.1 Å². The summed E-state index contributed by atoms with van der Waals surface area (Å²) in [5, 5.41) is 9.93. The molecule has 0 aromatic rings. The van der Waals surface area contributed by atoms with E-state index in [1.54, 1.807) is 6.92 Å². The van der Waals surface area contributed by atoms with E-state index >= 15 is 0 Å². The van der Waals surface area contributed by atoms with Crippen LogP contribution in [0.5, 0.6) is 0 Å². The van der Waals surface area contributed by atoms with E-state index in [0.717, 1.165) is 42.6 Å². The first-order valence-corrected chi connectivity index (χ1v) is 13.4. The quantitative estimate of drug-likeness (QED) is 0.220.